The number of hydrogen-bond donors (Lipinski definition) is 1. The highest BCUT2D eigenvalue weighted by Gasteiger charge is 2.60. The lowest BCUT2D eigenvalue weighted by Gasteiger charge is -2.36. The predicted molar refractivity (Wildman–Crippen MR) is 118 cm³/mol. The summed E-state index contributed by atoms with van der Waals surface area (Å²) in [6, 6.07) is 14.4. The van der Waals surface area contributed by atoms with Gasteiger partial charge in [0.25, 0.3) is 0 Å². The molecule has 2 fully saturated rings. The molecule has 0 radical (unpaired) electrons. The van der Waals surface area contributed by atoms with Crippen molar-refractivity contribution in [2.24, 2.45) is 5.41 Å². The number of ether oxygens (including phenoxy) is 1. The number of nitrogens with zero attached hydrogens (tertiary/aromatic N) is 1. The average Bonchev–Trinajstić information content (AvgIpc) is 3.48. The number of carbonyl (C=O) groups is 2. The molecule has 0 spiro atoms. The third-order valence-electron chi connectivity index (χ3n) is 6.51. The van der Waals surface area contributed by atoms with E-state index < -0.39 is 5.41 Å². The summed E-state index contributed by atoms with van der Waals surface area (Å²) in [6.45, 7) is 3.14. The molecule has 0 unspecified atom stereocenters. The Kier molecular flexibility index (Phi) is 6.54. The van der Waals surface area contributed by atoms with Gasteiger partial charge in [0.15, 0.2) is 0 Å². The number of fused-ring (bicyclic) bond motifs is 2. The van der Waals surface area contributed by atoms with Gasteiger partial charge in [-0.3, -0.25) is 9.59 Å². The second-order valence-corrected chi connectivity index (χ2v) is 9.33. The maximum atomic E-state index is 13.6. The standard InChI is InChI=1S/C24H30N2O3S/c1-2-29-17-22(27)26-19-10-11-21(26)24(16-19,15-18-7-4-3-5-8-18)23(28)25-13-12-20-9-6-14-30-20/h3-9,14,19,21H,2,10-13,15-17H2,1H3,(H,25,28)/t19-,21+,24+/m0/s1. The topological polar surface area (TPSA) is 58.6 Å². The maximum absolute atomic E-state index is 13.6. The summed E-state index contributed by atoms with van der Waals surface area (Å²) in [5, 5.41) is 5.27. The monoisotopic (exact) mass is 426 g/mol. The molecule has 1 aromatic carbocycles. The summed E-state index contributed by atoms with van der Waals surface area (Å²) in [5.74, 6) is 0.106. The van der Waals surface area contributed by atoms with Crippen molar-refractivity contribution in [3.8, 4) is 0 Å². The molecule has 160 valence electrons. The summed E-state index contributed by atoms with van der Waals surface area (Å²) < 4.78 is 5.39. The molecule has 3 heterocycles. The Morgan fingerprint density at radius 2 is 2.03 bits per heavy atom. The molecule has 4 rings (SSSR count). The minimum Gasteiger partial charge on any atom is -0.372 e. The molecule has 1 N–H and O–H groups in total. The van der Waals surface area contributed by atoms with Crippen LogP contribution in [0.2, 0.25) is 0 Å². The van der Waals surface area contributed by atoms with Crippen molar-refractivity contribution in [2.45, 2.75) is 51.1 Å². The van der Waals surface area contributed by atoms with Crippen molar-refractivity contribution < 1.29 is 14.3 Å². The molecule has 2 bridgehead atoms. The molecule has 1 aromatic heterocycles. The van der Waals surface area contributed by atoms with Crippen LogP contribution in [0.25, 0.3) is 0 Å². The van der Waals surface area contributed by atoms with Gasteiger partial charge in [0.05, 0.1) is 5.41 Å². The maximum Gasteiger partial charge on any atom is 0.249 e. The van der Waals surface area contributed by atoms with E-state index in [2.05, 4.69) is 28.9 Å². The zero-order valence-corrected chi connectivity index (χ0v) is 18.3. The molecule has 2 aliphatic heterocycles. The van der Waals surface area contributed by atoms with Gasteiger partial charge in [-0.15, -0.1) is 11.3 Å². The molecule has 2 saturated heterocycles. The van der Waals surface area contributed by atoms with Gasteiger partial charge in [0.2, 0.25) is 11.8 Å². The Morgan fingerprint density at radius 1 is 1.20 bits per heavy atom. The Balaban J connectivity index is 1.53. The minimum atomic E-state index is -0.568. The molecule has 5 nitrogen and oxygen atoms in total. The van der Waals surface area contributed by atoms with Gasteiger partial charge in [-0.1, -0.05) is 36.4 Å². The van der Waals surface area contributed by atoms with Gasteiger partial charge in [0.1, 0.15) is 6.61 Å². The number of nitrogens with one attached hydrogen (secondary N) is 1. The first-order chi connectivity index (χ1) is 14.6. The van der Waals surface area contributed by atoms with Gasteiger partial charge >= 0.3 is 0 Å². The van der Waals surface area contributed by atoms with Gasteiger partial charge < -0.3 is 15.0 Å². The van der Waals surface area contributed by atoms with Crippen LogP contribution in [0.5, 0.6) is 0 Å². The quantitative estimate of drug-likeness (QED) is 0.668. The van der Waals surface area contributed by atoms with E-state index >= 15 is 0 Å². The van der Waals surface area contributed by atoms with Crippen molar-refractivity contribution in [3.05, 3.63) is 58.3 Å². The molecule has 0 aliphatic carbocycles. The van der Waals surface area contributed by atoms with E-state index in [9.17, 15) is 9.59 Å². The summed E-state index contributed by atoms with van der Waals surface area (Å²) in [4.78, 5) is 29.7. The molecule has 30 heavy (non-hydrogen) atoms. The predicted octanol–water partition coefficient (Wildman–Crippen LogP) is 3.44. The summed E-state index contributed by atoms with van der Waals surface area (Å²) in [6.07, 6.45) is 4.09. The third kappa shape index (κ3) is 4.16. The van der Waals surface area contributed by atoms with Crippen molar-refractivity contribution in [1.29, 1.82) is 0 Å². The van der Waals surface area contributed by atoms with E-state index in [-0.39, 0.29) is 30.5 Å². The van der Waals surface area contributed by atoms with E-state index in [0.717, 1.165) is 31.2 Å². The number of benzene rings is 1. The normalized spacial score (nSPS) is 24.9. The van der Waals surface area contributed by atoms with E-state index in [1.807, 2.05) is 36.1 Å². The first-order valence-corrected chi connectivity index (χ1v) is 11.8. The Labute approximate surface area is 182 Å². The summed E-state index contributed by atoms with van der Waals surface area (Å²) in [5.41, 5.74) is 0.581. The third-order valence-corrected chi connectivity index (χ3v) is 7.45. The van der Waals surface area contributed by atoms with Crippen molar-refractivity contribution in [2.75, 3.05) is 19.8 Å². The van der Waals surface area contributed by atoms with Gasteiger partial charge in [0, 0.05) is 30.1 Å². The number of carbonyl (C=O) groups excluding carboxylic acids is 2. The van der Waals surface area contributed by atoms with E-state index in [4.69, 9.17) is 4.74 Å². The number of rotatable bonds is 9. The molecular weight excluding hydrogens is 396 g/mol. The fraction of sp³-hybridized carbons (Fsp3) is 0.500. The smallest absolute Gasteiger partial charge is 0.249 e. The highest BCUT2D eigenvalue weighted by molar-refractivity contribution is 7.09. The first-order valence-electron chi connectivity index (χ1n) is 10.9. The van der Waals surface area contributed by atoms with Gasteiger partial charge in [-0.2, -0.15) is 0 Å². The van der Waals surface area contributed by atoms with Crippen LogP contribution in [0, 0.1) is 5.41 Å². The molecule has 3 atom stereocenters. The van der Waals surface area contributed by atoms with E-state index in [1.54, 1.807) is 11.3 Å². The zero-order valence-electron chi connectivity index (χ0n) is 17.5. The second-order valence-electron chi connectivity index (χ2n) is 8.29. The lowest BCUT2D eigenvalue weighted by molar-refractivity contribution is -0.139. The van der Waals surface area contributed by atoms with Gasteiger partial charge in [-0.25, -0.2) is 0 Å². The fourth-order valence-electron chi connectivity index (χ4n) is 5.23. The molecule has 6 heteroatoms. The minimum absolute atomic E-state index is 0.0191. The highest BCUT2D eigenvalue weighted by atomic mass is 32.1. The second kappa shape index (κ2) is 9.31. The molecule has 0 saturated carbocycles. The van der Waals surface area contributed by atoms with Crippen LogP contribution in [0.3, 0.4) is 0 Å². The zero-order chi connectivity index (χ0) is 21.0. The largest absolute Gasteiger partial charge is 0.372 e. The molecule has 2 aliphatic rings. The lowest BCUT2D eigenvalue weighted by Crippen LogP contribution is -2.52. The van der Waals surface area contributed by atoms with E-state index in [1.165, 1.54) is 4.88 Å². The Morgan fingerprint density at radius 3 is 2.77 bits per heavy atom. The van der Waals surface area contributed by atoms with Gasteiger partial charge in [-0.05, 0) is 56.0 Å². The Bertz CT molecular complexity index is 855. The number of thiophene rings is 1. The van der Waals surface area contributed by atoms with Crippen molar-refractivity contribution in [3.63, 3.8) is 0 Å². The highest BCUT2D eigenvalue weighted by Crippen LogP contribution is 2.51. The first kappa shape index (κ1) is 21.1. The average molecular weight is 427 g/mol. The Hall–Kier alpha value is -2.18. The van der Waals surface area contributed by atoms with Crippen LogP contribution in [0.4, 0.5) is 0 Å². The van der Waals surface area contributed by atoms with Crippen LogP contribution in [0.1, 0.15) is 36.6 Å². The molecule has 2 aromatic rings. The SMILES string of the molecule is CCOCC(=O)N1[C@H]2CC[C@@H]1[C@](Cc1ccccc1)(C(=O)NCCc1cccs1)C2. The van der Waals surface area contributed by atoms with Crippen LogP contribution in [-0.2, 0) is 27.2 Å². The van der Waals surface area contributed by atoms with E-state index in [0.29, 0.717) is 19.6 Å². The lowest BCUT2D eigenvalue weighted by atomic mass is 9.69. The fourth-order valence-corrected chi connectivity index (χ4v) is 5.94. The summed E-state index contributed by atoms with van der Waals surface area (Å²) >= 11 is 1.71. The summed E-state index contributed by atoms with van der Waals surface area (Å²) in [7, 11) is 0. The van der Waals surface area contributed by atoms with Crippen molar-refractivity contribution in [1.82, 2.24) is 10.2 Å². The van der Waals surface area contributed by atoms with Crippen LogP contribution in [0.15, 0.2) is 47.8 Å². The number of hydrogen-bond acceptors (Lipinski definition) is 4. The van der Waals surface area contributed by atoms with Crippen LogP contribution >= 0.6 is 11.3 Å². The molecular formula is C24H30N2O3S. The number of amides is 2. The molecule has 2 amide bonds. The van der Waals surface area contributed by atoms with Crippen LogP contribution in [-0.4, -0.2) is 48.6 Å². The van der Waals surface area contributed by atoms with Crippen molar-refractivity contribution >= 4 is 23.2 Å². The van der Waals surface area contributed by atoms with Crippen LogP contribution < -0.4 is 5.32 Å².